The smallest absolute Gasteiger partial charge is 0.293 e. The van der Waals surface area contributed by atoms with Crippen molar-refractivity contribution in [3.63, 3.8) is 0 Å². The van der Waals surface area contributed by atoms with Gasteiger partial charge in [0, 0.05) is 56.3 Å². The van der Waals surface area contributed by atoms with Gasteiger partial charge >= 0.3 is 0 Å². The number of carbonyl (C=O) groups is 1. The summed E-state index contributed by atoms with van der Waals surface area (Å²) < 4.78 is 7.02. The summed E-state index contributed by atoms with van der Waals surface area (Å²) in [5.74, 6) is 1.21. The van der Waals surface area contributed by atoms with Gasteiger partial charge in [0.1, 0.15) is 11.6 Å². The molecule has 0 radical (unpaired) electrons. The number of rotatable bonds is 7. The highest BCUT2D eigenvalue weighted by Crippen LogP contribution is 2.28. The molecule has 0 bridgehead atoms. The molecule has 0 unspecified atom stereocenters. The SMILES string of the molecule is CCC(=O)COc1cc2cc(Nc3nc(N4CCN(C(C)(C)C)CC4)ncc3Cl)ccc2n(C)c1=O. The molecule has 36 heavy (non-hydrogen) atoms. The van der Waals surface area contributed by atoms with E-state index in [2.05, 4.69) is 40.9 Å². The van der Waals surface area contributed by atoms with Crippen LogP contribution in [0.25, 0.3) is 10.9 Å². The number of hydrogen-bond acceptors (Lipinski definition) is 8. The number of ether oxygens (including phenoxy) is 1. The van der Waals surface area contributed by atoms with Gasteiger partial charge in [-0.2, -0.15) is 4.98 Å². The number of aryl methyl sites for hydroxylation is 1. The zero-order valence-corrected chi connectivity index (χ0v) is 22.2. The molecule has 1 aromatic carbocycles. The molecule has 3 heterocycles. The Morgan fingerprint density at radius 3 is 2.56 bits per heavy atom. The first-order chi connectivity index (χ1) is 17.1. The number of hydrogen-bond donors (Lipinski definition) is 1. The van der Waals surface area contributed by atoms with Gasteiger partial charge in [-0.25, -0.2) is 4.98 Å². The Balaban J connectivity index is 1.56. The van der Waals surface area contributed by atoms with Gasteiger partial charge in [-0.05, 0) is 45.0 Å². The zero-order valence-electron chi connectivity index (χ0n) is 21.5. The van der Waals surface area contributed by atoms with Crippen LogP contribution in [0.1, 0.15) is 34.1 Å². The minimum absolute atomic E-state index is 0.0680. The maximum absolute atomic E-state index is 12.6. The second kappa shape index (κ2) is 10.4. The van der Waals surface area contributed by atoms with Gasteiger partial charge in [0.2, 0.25) is 5.95 Å². The van der Waals surface area contributed by atoms with Crippen LogP contribution in [0.15, 0.2) is 35.3 Å². The summed E-state index contributed by atoms with van der Waals surface area (Å²) in [6.45, 7) is 11.9. The number of nitrogens with one attached hydrogen (secondary N) is 1. The van der Waals surface area contributed by atoms with Crippen LogP contribution in [0.3, 0.4) is 0 Å². The number of carbonyl (C=O) groups excluding carboxylic acids is 1. The lowest BCUT2D eigenvalue weighted by atomic mass is 10.1. The Hall–Kier alpha value is -3.17. The van der Waals surface area contributed by atoms with Gasteiger partial charge < -0.3 is 19.5 Å². The molecule has 1 N–H and O–H groups in total. The van der Waals surface area contributed by atoms with Crippen molar-refractivity contribution >= 4 is 45.7 Å². The molecule has 0 amide bonds. The molecule has 9 nitrogen and oxygen atoms in total. The number of piperazine rings is 1. The van der Waals surface area contributed by atoms with Crippen molar-refractivity contribution in [2.24, 2.45) is 7.05 Å². The van der Waals surface area contributed by atoms with Crippen LogP contribution in [0.2, 0.25) is 5.02 Å². The standard InChI is InChI=1S/C26H33ClN6O3/c1-6-19(34)16-36-22-14-17-13-18(7-8-21(17)31(5)24(22)35)29-23-20(27)15-28-25(30-23)32-9-11-33(12-10-32)26(2,3)4/h7-8,13-15H,6,9-12,16H2,1-5H3,(H,28,29,30). The maximum Gasteiger partial charge on any atom is 0.293 e. The van der Waals surface area contributed by atoms with E-state index >= 15 is 0 Å². The summed E-state index contributed by atoms with van der Waals surface area (Å²) >= 11 is 6.43. The number of aromatic nitrogens is 3. The fraction of sp³-hybridized carbons (Fsp3) is 0.462. The highest BCUT2D eigenvalue weighted by atomic mass is 35.5. The second-order valence-electron chi connectivity index (χ2n) is 9.96. The number of fused-ring (bicyclic) bond motifs is 1. The molecule has 1 saturated heterocycles. The highest BCUT2D eigenvalue weighted by molar-refractivity contribution is 6.32. The Morgan fingerprint density at radius 1 is 1.17 bits per heavy atom. The molecule has 1 aliphatic rings. The van der Waals surface area contributed by atoms with Crippen molar-refractivity contribution in [1.29, 1.82) is 0 Å². The number of anilines is 3. The second-order valence-corrected chi connectivity index (χ2v) is 10.4. The third-order valence-corrected chi connectivity index (χ3v) is 6.76. The average molecular weight is 513 g/mol. The summed E-state index contributed by atoms with van der Waals surface area (Å²) in [5, 5.41) is 4.48. The molecule has 0 atom stereocenters. The Morgan fingerprint density at radius 2 is 1.89 bits per heavy atom. The van der Waals surface area contributed by atoms with Gasteiger partial charge in [0.15, 0.2) is 17.4 Å². The topological polar surface area (TPSA) is 92.6 Å². The van der Waals surface area contributed by atoms with Gasteiger partial charge in [0.25, 0.3) is 5.56 Å². The minimum Gasteiger partial charge on any atom is -0.480 e. The van der Waals surface area contributed by atoms with Gasteiger partial charge in [-0.15, -0.1) is 0 Å². The molecular formula is C26H33ClN6O3. The van der Waals surface area contributed by atoms with E-state index in [1.165, 1.54) is 4.57 Å². The van der Waals surface area contributed by atoms with E-state index in [1.807, 2.05) is 18.2 Å². The maximum atomic E-state index is 12.6. The first-order valence-electron chi connectivity index (χ1n) is 12.1. The first-order valence-corrected chi connectivity index (χ1v) is 12.5. The van der Waals surface area contributed by atoms with Gasteiger partial charge in [-0.1, -0.05) is 18.5 Å². The average Bonchev–Trinajstić information content (AvgIpc) is 2.86. The molecule has 4 rings (SSSR count). The minimum atomic E-state index is -0.290. The molecule has 1 aliphatic heterocycles. The molecule has 3 aromatic rings. The van der Waals surface area contributed by atoms with Crippen LogP contribution in [-0.2, 0) is 11.8 Å². The molecule has 192 valence electrons. The number of Topliss-reactive ketones (excluding diaryl/α,β-unsaturated/α-hetero) is 1. The lowest BCUT2D eigenvalue weighted by Gasteiger charge is -2.42. The number of nitrogens with zero attached hydrogens (tertiary/aromatic N) is 5. The summed E-state index contributed by atoms with van der Waals surface area (Å²) in [7, 11) is 1.68. The molecule has 2 aromatic heterocycles. The molecule has 0 spiro atoms. The zero-order chi connectivity index (χ0) is 26.0. The monoisotopic (exact) mass is 512 g/mol. The normalized spacial score (nSPS) is 14.8. The lowest BCUT2D eigenvalue weighted by molar-refractivity contribution is -0.120. The van der Waals surface area contributed by atoms with Gasteiger partial charge in [-0.3, -0.25) is 14.5 Å². The number of benzene rings is 1. The van der Waals surface area contributed by atoms with Crippen LogP contribution in [0, 0.1) is 0 Å². The van der Waals surface area contributed by atoms with E-state index in [0.29, 0.717) is 23.2 Å². The summed E-state index contributed by atoms with van der Waals surface area (Å²) in [6.07, 6.45) is 1.97. The molecule has 1 fully saturated rings. The Bertz CT molecular complexity index is 1330. The van der Waals surface area contributed by atoms with Gasteiger partial charge in [0.05, 0.1) is 11.7 Å². The van der Waals surface area contributed by atoms with E-state index in [-0.39, 0.29) is 29.2 Å². The molecule has 0 saturated carbocycles. The third-order valence-electron chi connectivity index (χ3n) is 6.48. The number of pyridine rings is 1. The number of ketones is 1. The lowest BCUT2D eigenvalue weighted by Crippen LogP contribution is -2.53. The molecule has 0 aliphatic carbocycles. The van der Waals surface area contributed by atoms with E-state index in [4.69, 9.17) is 21.3 Å². The highest BCUT2D eigenvalue weighted by Gasteiger charge is 2.27. The van der Waals surface area contributed by atoms with E-state index in [1.54, 1.807) is 26.2 Å². The van der Waals surface area contributed by atoms with Crippen molar-refractivity contribution in [1.82, 2.24) is 19.4 Å². The van der Waals surface area contributed by atoms with Crippen LogP contribution < -0.4 is 20.5 Å². The summed E-state index contributed by atoms with van der Waals surface area (Å²) in [5.41, 5.74) is 1.34. The fourth-order valence-corrected chi connectivity index (χ4v) is 4.34. The molecule has 10 heteroatoms. The van der Waals surface area contributed by atoms with Crippen molar-refractivity contribution in [3.8, 4) is 5.75 Å². The summed E-state index contributed by atoms with van der Waals surface area (Å²) in [6, 6.07) is 7.27. The van der Waals surface area contributed by atoms with Crippen LogP contribution in [-0.4, -0.2) is 63.5 Å². The van der Waals surface area contributed by atoms with E-state index in [9.17, 15) is 9.59 Å². The summed E-state index contributed by atoms with van der Waals surface area (Å²) in [4.78, 5) is 38.1. The third kappa shape index (κ3) is 5.63. The molecular weight excluding hydrogens is 480 g/mol. The first kappa shape index (κ1) is 25.9. The van der Waals surface area contributed by atoms with Crippen molar-refractivity contribution in [3.05, 3.63) is 45.8 Å². The predicted molar refractivity (Wildman–Crippen MR) is 144 cm³/mol. The van der Waals surface area contributed by atoms with Crippen molar-refractivity contribution < 1.29 is 9.53 Å². The van der Waals surface area contributed by atoms with Crippen LogP contribution >= 0.6 is 11.6 Å². The quantitative estimate of drug-likeness (QED) is 0.507. The van der Waals surface area contributed by atoms with Crippen molar-refractivity contribution in [2.75, 3.05) is 43.0 Å². The van der Waals surface area contributed by atoms with E-state index in [0.717, 1.165) is 42.8 Å². The van der Waals surface area contributed by atoms with E-state index < -0.39 is 0 Å². The predicted octanol–water partition coefficient (Wildman–Crippen LogP) is 4.00. The number of halogens is 1. The largest absolute Gasteiger partial charge is 0.480 e. The fourth-order valence-electron chi connectivity index (χ4n) is 4.21. The Labute approximate surface area is 216 Å². The van der Waals surface area contributed by atoms with Crippen LogP contribution in [0.4, 0.5) is 17.5 Å². The van der Waals surface area contributed by atoms with Crippen LogP contribution in [0.5, 0.6) is 5.75 Å². The van der Waals surface area contributed by atoms with Crippen molar-refractivity contribution in [2.45, 2.75) is 39.7 Å². The Kier molecular flexibility index (Phi) is 7.51.